The number of hydrogen-bond acceptors (Lipinski definition) is 4. The number of thiazole rings is 1. The number of β-amino-alcohol motifs (C(OH)–C–C–N with tert-alkyl or cyclic N) is 1. The second-order valence-electron chi connectivity index (χ2n) is 3.83. The molecule has 1 aliphatic heterocycles. The molecule has 1 aromatic rings. The van der Waals surface area contributed by atoms with Gasteiger partial charge < -0.3 is 5.11 Å². The van der Waals surface area contributed by atoms with Gasteiger partial charge in [-0.25, -0.2) is 4.98 Å². The van der Waals surface area contributed by atoms with Gasteiger partial charge in [0.05, 0.1) is 16.8 Å². The van der Waals surface area contributed by atoms with Crippen LogP contribution in [0.3, 0.4) is 0 Å². The van der Waals surface area contributed by atoms with Crippen LogP contribution in [0.25, 0.3) is 0 Å². The van der Waals surface area contributed by atoms with E-state index in [-0.39, 0.29) is 6.10 Å². The Morgan fingerprint density at radius 3 is 3.07 bits per heavy atom. The number of aliphatic hydroxyl groups is 1. The Bertz CT molecular complexity index is 294. The first-order valence-corrected chi connectivity index (χ1v) is 5.99. The van der Waals surface area contributed by atoms with Gasteiger partial charge in [0.25, 0.3) is 0 Å². The molecule has 4 heteroatoms. The molecule has 0 spiro atoms. The lowest BCUT2D eigenvalue weighted by molar-refractivity contribution is -0.00346. The number of rotatable bonds is 4. The molecule has 0 aliphatic carbocycles. The van der Waals surface area contributed by atoms with Crippen molar-refractivity contribution in [1.82, 2.24) is 9.88 Å². The van der Waals surface area contributed by atoms with Gasteiger partial charge in [-0.2, -0.15) is 0 Å². The predicted octanol–water partition coefficient (Wildman–Crippen LogP) is 1.27. The highest BCUT2D eigenvalue weighted by atomic mass is 32.1. The van der Waals surface area contributed by atoms with Crippen LogP contribution in [-0.2, 0) is 13.0 Å². The molecule has 0 atom stereocenters. The van der Waals surface area contributed by atoms with E-state index in [1.54, 1.807) is 11.3 Å². The van der Waals surface area contributed by atoms with E-state index in [1.807, 2.05) is 0 Å². The molecule has 0 amide bonds. The Labute approximate surface area is 88.4 Å². The molecular formula is C10H16N2OS. The molecule has 0 radical (unpaired) electrons. The van der Waals surface area contributed by atoms with Crippen LogP contribution < -0.4 is 0 Å². The number of nitrogens with zero attached hydrogens (tertiary/aromatic N) is 2. The Morgan fingerprint density at radius 1 is 1.64 bits per heavy atom. The van der Waals surface area contributed by atoms with Crippen molar-refractivity contribution < 1.29 is 5.11 Å². The summed E-state index contributed by atoms with van der Waals surface area (Å²) in [6, 6.07) is 0. The van der Waals surface area contributed by atoms with Crippen molar-refractivity contribution >= 4 is 11.3 Å². The maximum Gasteiger partial charge on any atom is 0.0928 e. The van der Waals surface area contributed by atoms with Crippen LogP contribution in [0.2, 0.25) is 0 Å². The summed E-state index contributed by atoms with van der Waals surface area (Å²) in [5.74, 6) is 0. The minimum atomic E-state index is -0.108. The second-order valence-corrected chi connectivity index (χ2v) is 4.77. The molecule has 0 saturated carbocycles. The van der Waals surface area contributed by atoms with Gasteiger partial charge in [0.2, 0.25) is 0 Å². The number of aromatic nitrogens is 1. The Hall–Kier alpha value is -0.450. The van der Waals surface area contributed by atoms with Gasteiger partial charge >= 0.3 is 0 Å². The molecule has 3 nitrogen and oxygen atoms in total. The molecule has 2 rings (SSSR count). The average Bonchev–Trinajstić information content (AvgIpc) is 2.51. The summed E-state index contributed by atoms with van der Waals surface area (Å²) in [4.78, 5) is 6.76. The van der Waals surface area contributed by atoms with Gasteiger partial charge in [-0.3, -0.25) is 4.90 Å². The molecule has 0 aromatic carbocycles. The number of hydrogen-bond donors (Lipinski definition) is 1. The third-order valence-electron chi connectivity index (χ3n) is 2.39. The lowest BCUT2D eigenvalue weighted by Crippen LogP contribution is -2.49. The average molecular weight is 212 g/mol. The van der Waals surface area contributed by atoms with Crippen LogP contribution in [0.15, 0.2) is 5.38 Å². The maximum atomic E-state index is 9.13. The van der Waals surface area contributed by atoms with Crippen LogP contribution in [0.5, 0.6) is 0 Å². The second kappa shape index (κ2) is 4.38. The van der Waals surface area contributed by atoms with E-state index in [0.29, 0.717) is 0 Å². The van der Waals surface area contributed by atoms with Crippen molar-refractivity contribution in [2.45, 2.75) is 32.4 Å². The summed E-state index contributed by atoms with van der Waals surface area (Å²) in [6.45, 7) is 4.69. The quantitative estimate of drug-likeness (QED) is 0.816. The summed E-state index contributed by atoms with van der Waals surface area (Å²) >= 11 is 1.75. The fraction of sp³-hybridized carbons (Fsp3) is 0.700. The smallest absolute Gasteiger partial charge is 0.0928 e. The monoisotopic (exact) mass is 212 g/mol. The SMILES string of the molecule is CCCc1nc(CN2CC(O)C2)cs1. The number of aliphatic hydroxyl groups excluding tert-OH is 1. The van der Waals surface area contributed by atoms with E-state index in [1.165, 1.54) is 5.01 Å². The molecule has 1 saturated heterocycles. The van der Waals surface area contributed by atoms with E-state index in [4.69, 9.17) is 5.11 Å². The lowest BCUT2D eigenvalue weighted by Gasteiger charge is -2.35. The first-order chi connectivity index (χ1) is 6.78. The van der Waals surface area contributed by atoms with E-state index in [0.717, 1.165) is 38.2 Å². The molecule has 78 valence electrons. The summed E-state index contributed by atoms with van der Waals surface area (Å²) < 4.78 is 0. The van der Waals surface area contributed by atoms with Crippen LogP contribution >= 0.6 is 11.3 Å². The largest absolute Gasteiger partial charge is 0.390 e. The molecular weight excluding hydrogens is 196 g/mol. The number of likely N-dealkylation sites (tertiary alicyclic amines) is 1. The Kier molecular flexibility index (Phi) is 3.15. The van der Waals surface area contributed by atoms with Gasteiger partial charge in [-0.1, -0.05) is 6.92 Å². The zero-order valence-electron chi connectivity index (χ0n) is 8.44. The van der Waals surface area contributed by atoms with Gasteiger partial charge in [0.15, 0.2) is 0 Å². The van der Waals surface area contributed by atoms with Crippen molar-refractivity contribution in [1.29, 1.82) is 0 Å². The molecule has 1 aliphatic rings. The zero-order valence-corrected chi connectivity index (χ0v) is 9.26. The van der Waals surface area contributed by atoms with Crippen molar-refractivity contribution in [2.24, 2.45) is 0 Å². The lowest BCUT2D eigenvalue weighted by atomic mass is 10.1. The minimum Gasteiger partial charge on any atom is -0.390 e. The first-order valence-electron chi connectivity index (χ1n) is 5.11. The third-order valence-corrected chi connectivity index (χ3v) is 3.34. The molecule has 1 N–H and O–H groups in total. The fourth-order valence-corrected chi connectivity index (χ4v) is 2.54. The van der Waals surface area contributed by atoms with Crippen LogP contribution in [-0.4, -0.2) is 34.2 Å². The van der Waals surface area contributed by atoms with E-state index >= 15 is 0 Å². The van der Waals surface area contributed by atoms with E-state index in [9.17, 15) is 0 Å². The fourth-order valence-electron chi connectivity index (χ4n) is 1.65. The van der Waals surface area contributed by atoms with Gasteiger partial charge in [0.1, 0.15) is 0 Å². The predicted molar refractivity (Wildman–Crippen MR) is 57.4 cm³/mol. The minimum absolute atomic E-state index is 0.108. The van der Waals surface area contributed by atoms with Crippen molar-refractivity contribution in [2.75, 3.05) is 13.1 Å². The van der Waals surface area contributed by atoms with E-state index < -0.39 is 0 Å². The van der Waals surface area contributed by atoms with Gasteiger partial charge in [-0.05, 0) is 12.8 Å². The maximum absolute atomic E-state index is 9.13. The Balaban J connectivity index is 1.84. The first kappa shape index (κ1) is 10.1. The third kappa shape index (κ3) is 2.32. The summed E-state index contributed by atoms with van der Waals surface area (Å²) in [5, 5.41) is 12.5. The van der Waals surface area contributed by atoms with Gasteiger partial charge in [0, 0.05) is 25.0 Å². The van der Waals surface area contributed by atoms with Crippen LogP contribution in [0.1, 0.15) is 24.0 Å². The summed E-state index contributed by atoms with van der Waals surface area (Å²) in [5.41, 5.74) is 1.16. The summed E-state index contributed by atoms with van der Waals surface area (Å²) in [7, 11) is 0. The highest BCUT2D eigenvalue weighted by Gasteiger charge is 2.24. The highest BCUT2D eigenvalue weighted by Crippen LogP contribution is 2.16. The Morgan fingerprint density at radius 2 is 2.43 bits per heavy atom. The van der Waals surface area contributed by atoms with E-state index in [2.05, 4.69) is 22.2 Å². The topological polar surface area (TPSA) is 36.4 Å². The summed E-state index contributed by atoms with van der Waals surface area (Å²) in [6.07, 6.45) is 2.15. The molecule has 1 aromatic heterocycles. The molecule has 1 fully saturated rings. The normalized spacial score (nSPS) is 18.4. The van der Waals surface area contributed by atoms with Crippen molar-refractivity contribution in [3.63, 3.8) is 0 Å². The number of aryl methyl sites for hydroxylation is 1. The van der Waals surface area contributed by atoms with Crippen molar-refractivity contribution in [3.8, 4) is 0 Å². The molecule has 2 heterocycles. The standard InChI is InChI=1S/C10H16N2OS/c1-2-3-10-11-8(7-14-10)4-12-5-9(13)6-12/h7,9,13H,2-6H2,1H3. The molecule has 14 heavy (non-hydrogen) atoms. The van der Waals surface area contributed by atoms with Gasteiger partial charge in [-0.15, -0.1) is 11.3 Å². The zero-order chi connectivity index (χ0) is 9.97. The van der Waals surface area contributed by atoms with Crippen LogP contribution in [0, 0.1) is 0 Å². The highest BCUT2D eigenvalue weighted by molar-refractivity contribution is 7.09. The van der Waals surface area contributed by atoms with Crippen molar-refractivity contribution in [3.05, 3.63) is 16.1 Å². The molecule has 0 unspecified atom stereocenters. The molecule has 0 bridgehead atoms. The van der Waals surface area contributed by atoms with Crippen LogP contribution in [0.4, 0.5) is 0 Å².